The molecule has 9 nitrogen and oxygen atoms in total. The number of anilines is 2. The molecule has 0 heterocycles. The van der Waals surface area contributed by atoms with Crippen LogP contribution in [0.25, 0.3) is 6.08 Å². The standard InChI is InChI=1S/C39H34ClN3O6S/c1-47-33-17-11-10-16-27(33)22-32(43-37(44)26-14-8-5-9-15-26)38(45)41-28-18-20-29(21-19-28)50-36(25-12-6-4-7-13-25)39(46)42-31-23-30(40)34(48-2)24-35(31)49-3/h4-24,36H,1-3H3,(H,41,45)(H,42,46)(H,43,44)/b32-22-. The average Bonchev–Trinajstić information content (AvgIpc) is 3.15. The van der Waals surface area contributed by atoms with Crippen molar-refractivity contribution in [1.82, 2.24) is 5.32 Å². The highest BCUT2D eigenvalue weighted by atomic mass is 35.5. The number of benzene rings is 5. The minimum Gasteiger partial charge on any atom is -0.496 e. The van der Waals surface area contributed by atoms with Crippen LogP contribution in [-0.2, 0) is 9.59 Å². The number of thioether (sulfide) groups is 1. The zero-order valence-electron chi connectivity index (χ0n) is 27.4. The smallest absolute Gasteiger partial charge is 0.272 e. The number of halogens is 1. The first-order valence-corrected chi connectivity index (χ1v) is 16.6. The van der Waals surface area contributed by atoms with Crippen LogP contribution in [-0.4, -0.2) is 39.1 Å². The minimum atomic E-state index is -0.647. The van der Waals surface area contributed by atoms with Crippen LogP contribution < -0.4 is 30.2 Å². The second-order valence-electron chi connectivity index (χ2n) is 10.7. The number of amides is 3. The van der Waals surface area contributed by atoms with E-state index in [4.69, 9.17) is 25.8 Å². The number of carbonyl (C=O) groups is 3. The van der Waals surface area contributed by atoms with Crippen molar-refractivity contribution in [3.63, 3.8) is 0 Å². The Hall–Kier alpha value is -5.71. The lowest BCUT2D eigenvalue weighted by molar-refractivity contribution is -0.116. The van der Waals surface area contributed by atoms with Crippen LogP contribution >= 0.6 is 23.4 Å². The van der Waals surface area contributed by atoms with E-state index in [2.05, 4.69) is 16.0 Å². The molecule has 11 heteroatoms. The lowest BCUT2D eigenvalue weighted by Crippen LogP contribution is -2.30. The number of methoxy groups -OCH3 is 3. The molecule has 0 radical (unpaired) electrons. The predicted molar refractivity (Wildman–Crippen MR) is 198 cm³/mol. The van der Waals surface area contributed by atoms with Gasteiger partial charge >= 0.3 is 0 Å². The number of rotatable bonds is 13. The van der Waals surface area contributed by atoms with Crippen molar-refractivity contribution in [2.45, 2.75) is 10.1 Å². The molecule has 5 aromatic rings. The molecular formula is C39H34ClN3O6S. The van der Waals surface area contributed by atoms with Crippen molar-refractivity contribution >= 4 is 58.5 Å². The van der Waals surface area contributed by atoms with Gasteiger partial charge in [-0.3, -0.25) is 14.4 Å². The summed E-state index contributed by atoms with van der Waals surface area (Å²) in [6.07, 6.45) is 1.56. The third kappa shape index (κ3) is 9.04. The Bertz CT molecular complexity index is 1990. The van der Waals surface area contributed by atoms with Crippen molar-refractivity contribution in [2.24, 2.45) is 0 Å². The molecule has 50 heavy (non-hydrogen) atoms. The van der Waals surface area contributed by atoms with E-state index in [0.29, 0.717) is 44.8 Å². The van der Waals surface area contributed by atoms with Crippen LogP contribution in [0.2, 0.25) is 5.02 Å². The fraction of sp³-hybridized carbons (Fsp3) is 0.103. The highest BCUT2D eigenvalue weighted by Gasteiger charge is 2.24. The highest BCUT2D eigenvalue weighted by Crippen LogP contribution is 2.40. The van der Waals surface area contributed by atoms with Crippen LogP contribution in [0, 0.1) is 0 Å². The molecule has 5 aromatic carbocycles. The molecule has 0 spiro atoms. The third-order valence-electron chi connectivity index (χ3n) is 7.41. The maximum Gasteiger partial charge on any atom is 0.272 e. The van der Waals surface area contributed by atoms with Gasteiger partial charge in [-0.05, 0) is 60.2 Å². The summed E-state index contributed by atoms with van der Waals surface area (Å²) in [5, 5.41) is 8.23. The lowest BCUT2D eigenvalue weighted by atomic mass is 10.1. The molecule has 0 aliphatic carbocycles. The van der Waals surface area contributed by atoms with Gasteiger partial charge in [-0.25, -0.2) is 0 Å². The Labute approximate surface area is 299 Å². The second-order valence-corrected chi connectivity index (χ2v) is 12.3. The molecule has 0 aliphatic heterocycles. The maximum atomic E-state index is 13.8. The van der Waals surface area contributed by atoms with Gasteiger partial charge in [0.05, 0.1) is 32.0 Å². The van der Waals surface area contributed by atoms with Gasteiger partial charge < -0.3 is 30.2 Å². The van der Waals surface area contributed by atoms with E-state index in [1.54, 1.807) is 84.9 Å². The first kappa shape index (κ1) is 35.6. The molecule has 0 aromatic heterocycles. The molecule has 5 rings (SSSR count). The van der Waals surface area contributed by atoms with Crippen molar-refractivity contribution in [1.29, 1.82) is 0 Å². The number of hydrogen-bond donors (Lipinski definition) is 3. The van der Waals surface area contributed by atoms with Gasteiger partial charge in [-0.1, -0.05) is 78.3 Å². The summed E-state index contributed by atoms with van der Waals surface area (Å²) in [4.78, 5) is 41.2. The SMILES string of the molecule is COc1cc(OC)c(NC(=O)C(Sc2ccc(NC(=O)/C(=C/c3ccccc3OC)NC(=O)c3ccccc3)cc2)c2ccccc2)cc1Cl. The molecule has 0 fully saturated rings. The van der Waals surface area contributed by atoms with Crippen molar-refractivity contribution in [3.05, 3.63) is 149 Å². The van der Waals surface area contributed by atoms with Gasteiger partial charge in [-0.2, -0.15) is 0 Å². The Kier molecular flexibility index (Phi) is 12.2. The number of ether oxygens (including phenoxy) is 3. The first-order valence-electron chi connectivity index (χ1n) is 15.4. The Morgan fingerprint density at radius 2 is 1.32 bits per heavy atom. The van der Waals surface area contributed by atoms with E-state index in [-0.39, 0.29) is 11.6 Å². The fourth-order valence-electron chi connectivity index (χ4n) is 4.89. The Balaban J connectivity index is 1.36. The van der Waals surface area contributed by atoms with Crippen LogP contribution in [0.3, 0.4) is 0 Å². The van der Waals surface area contributed by atoms with Gasteiger partial charge in [-0.15, -0.1) is 11.8 Å². The van der Waals surface area contributed by atoms with E-state index < -0.39 is 17.1 Å². The zero-order chi connectivity index (χ0) is 35.5. The minimum absolute atomic E-state index is 0.0247. The van der Waals surface area contributed by atoms with Crippen LogP contribution in [0.1, 0.15) is 26.7 Å². The van der Waals surface area contributed by atoms with Crippen molar-refractivity contribution in [3.8, 4) is 17.2 Å². The van der Waals surface area contributed by atoms with Crippen LogP contribution in [0.4, 0.5) is 11.4 Å². The van der Waals surface area contributed by atoms with Crippen LogP contribution in [0.5, 0.6) is 17.2 Å². The molecule has 254 valence electrons. The summed E-state index contributed by atoms with van der Waals surface area (Å²) in [5.74, 6) is 0.0963. The second kappa shape index (κ2) is 17.1. The van der Waals surface area contributed by atoms with E-state index >= 15 is 0 Å². The molecule has 0 saturated carbocycles. The molecule has 1 atom stereocenters. The molecular weight excluding hydrogens is 674 g/mol. The van der Waals surface area contributed by atoms with E-state index in [1.165, 1.54) is 33.1 Å². The van der Waals surface area contributed by atoms with E-state index in [9.17, 15) is 14.4 Å². The molecule has 0 saturated heterocycles. The van der Waals surface area contributed by atoms with E-state index in [0.717, 1.165) is 10.5 Å². The molecule has 0 aliphatic rings. The number of carbonyl (C=O) groups excluding carboxylic acids is 3. The molecule has 3 N–H and O–H groups in total. The Morgan fingerprint density at radius 3 is 1.98 bits per heavy atom. The van der Waals surface area contributed by atoms with E-state index in [1.807, 2.05) is 42.5 Å². The van der Waals surface area contributed by atoms with Gasteiger partial charge in [0.2, 0.25) is 5.91 Å². The summed E-state index contributed by atoms with van der Waals surface area (Å²) in [6, 6.07) is 35.4. The van der Waals surface area contributed by atoms with Crippen molar-refractivity contribution < 1.29 is 28.6 Å². The third-order valence-corrected chi connectivity index (χ3v) is 8.97. The topological polar surface area (TPSA) is 115 Å². The van der Waals surface area contributed by atoms with Gasteiger partial charge in [0.1, 0.15) is 28.2 Å². The highest BCUT2D eigenvalue weighted by molar-refractivity contribution is 8.00. The zero-order valence-corrected chi connectivity index (χ0v) is 29.0. The summed E-state index contributed by atoms with van der Waals surface area (Å²) in [5.41, 5.74) is 2.71. The predicted octanol–water partition coefficient (Wildman–Crippen LogP) is 8.25. The molecule has 1 unspecified atom stereocenters. The largest absolute Gasteiger partial charge is 0.496 e. The summed E-state index contributed by atoms with van der Waals surface area (Å²) < 4.78 is 16.2. The first-order chi connectivity index (χ1) is 24.3. The maximum absolute atomic E-state index is 13.8. The summed E-state index contributed by atoms with van der Waals surface area (Å²) >= 11 is 7.68. The lowest BCUT2D eigenvalue weighted by Gasteiger charge is -2.19. The summed E-state index contributed by atoms with van der Waals surface area (Å²) in [7, 11) is 4.53. The quantitative estimate of drug-likeness (QED) is 0.0834. The normalized spacial score (nSPS) is 11.6. The number of para-hydroxylation sites is 1. The summed E-state index contributed by atoms with van der Waals surface area (Å²) in [6.45, 7) is 0. The number of hydrogen-bond acceptors (Lipinski definition) is 7. The van der Waals surface area contributed by atoms with Gasteiger partial charge in [0.15, 0.2) is 0 Å². The molecule has 0 bridgehead atoms. The average molecular weight is 708 g/mol. The van der Waals surface area contributed by atoms with Gasteiger partial charge in [0.25, 0.3) is 11.8 Å². The monoisotopic (exact) mass is 707 g/mol. The fourth-order valence-corrected chi connectivity index (χ4v) is 6.16. The van der Waals surface area contributed by atoms with Crippen LogP contribution in [0.15, 0.2) is 132 Å². The van der Waals surface area contributed by atoms with Crippen molar-refractivity contribution in [2.75, 3.05) is 32.0 Å². The Morgan fingerprint density at radius 1 is 0.700 bits per heavy atom. The molecule has 3 amide bonds. The van der Waals surface area contributed by atoms with Gasteiger partial charge in [0, 0.05) is 27.8 Å². The number of nitrogens with one attached hydrogen (secondary N) is 3.